The van der Waals surface area contributed by atoms with Crippen molar-refractivity contribution in [3.8, 4) is 0 Å². The van der Waals surface area contributed by atoms with Gasteiger partial charge < -0.3 is 16.8 Å². The maximum Gasteiger partial charge on any atom is 0.222 e. The minimum Gasteiger partial charge on any atom is -0.370 e. The number of nitrogen functional groups attached to an aromatic ring is 1. The Hall–Kier alpha value is -2.37. The molecule has 2 rings (SSSR count). The average Bonchev–Trinajstić information content (AvgIpc) is 2.34. The molecule has 0 saturated carbocycles. The summed E-state index contributed by atoms with van der Waals surface area (Å²) < 4.78 is 0. The number of nitrogens with zero attached hydrogens (tertiary/aromatic N) is 2. The summed E-state index contributed by atoms with van der Waals surface area (Å²) in [5, 5.41) is 4.05. The van der Waals surface area contributed by atoms with Crippen molar-refractivity contribution in [2.45, 2.75) is 12.8 Å². The number of benzene rings is 1. The number of carbonyl (C=O) groups excluding carboxylic acids is 1. The lowest BCUT2D eigenvalue weighted by Gasteiger charge is -2.08. The molecule has 6 heteroatoms. The van der Waals surface area contributed by atoms with Gasteiger partial charge in [0.05, 0.1) is 5.52 Å². The van der Waals surface area contributed by atoms with E-state index in [0.29, 0.717) is 25.2 Å². The number of nitrogens with two attached hydrogens (primary N) is 2. The molecule has 0 fully saturated rings. The first-order chi connectivity index (χ1) is 8.66. The third kappa shape index (κ3) is 2.85. The summed E-state index contributed by atoms with van der Waals surface area (Å²) in [5.74, 6) is 0.609. The Bertz CT molecular complexity index is 569. The molecule has 1 heterocycles. The number of rotatable bonds is 5. The third-order valence-electron chi connectivity index (χ3n) is 2.51. The van der Waals surface area contributed by atoms with E-state index in [0.717, 1.165) is 10.9 Å². The molecule has 94 valence electrons. The number of hydrogen-bond donors (Lipinski definition) is 3. The number of hydrogen-bond acceptors (Lipinski definition) is 5. The van der Waals surface area contributed by atoms with Crippen molar-refractivity contribution < 1.29 is 4.79 Å². The van der Waals surface area contributed by atoms with E-state index in [9.17, 15) is 4.79 Å². The molecule has 0 aliphatic carbocycles. The maximum atomic E-state index is 10.6. The fourth-order valence-corrected chi connectivity index (χ4v) is 1.70. The van der Waals surface area contributed by atoms with Crippen LogP contribution in [0.2, 0.25) is 0 Å². The normalized spacial score (nSPS) is 10.4. The predicted molar refractivity (Wildman–Crippen MR) is 70.9 cm³/mol. The molecule has 6 nitrogen and oxygen atoms in total. The standard InChI is InChI=1S/C12H15N5O/c13-10(18)6-3-7-15-11-8-4-1-2-5-9(8)16-12(14)17-11/h1-2,4-5H,3,6-7H2,(H2,13,18)(H3,14,15,16,17). The molecule has 1 aromatic carbocycles. The van der Waals surface area contributed by atoms with Crippen molar-refractivity contribution in [1.29, 1.82) is 0 Å². The lowest BCUT2D eigenvalue weighted by molar-refractivity contribution is -0.118. The van der Waals surface area contributed by atoms with Gasteiger partial charge in [0.15, 0.2) is 0 Å². The van der Waals surface area contributed by atoms with Crippen LogP contribution in [0, 0.1) is 0 Å². The van der Waals surface area contributed by atoms with E-state index in [1.165, 1.54) is 0 Å². The zero-order chi connectivity index (χ0) is 13.0. The average molecular weight is 245 g/mol. The Morgan fingerprint density at radius 2 is 2.06 bits per heavy atom. The Balaban J connectivity index is 2.14. The molecule has 0 aliphatic heterocycles. The molecule has 1 amide bonds. The van der Waals surface area contributed by atoms with Crippen LogP contribution in [-0.4, -0.2) is 22.4 Å². The molecule has 0 bridgehead atoms. The number of amides is 1. The predicted octanol–water partition coefficient (Wildman–Crippen LogP) is 0.889. The highest BCUT2D eigenvalue weighted by Gasteiger charge is 2.05. The lowest BCUT2D eigenvalue weighted by atomic mass is 10.2. The largest absolute Gasteiger partial charge is 0.370 e. The van der Waals surface area contributed by atoms with Gasteiger partial charge in [-0.3, -0.25) is 4.79 Å². The van der Waals surface area contributed by atoms with E-state index in [-0.39, 0.29) is 11.9 Å². The summed E-state index contributed by atoms with van der Waals surface area (Å²) in [7, 11) is 0. The molecule has 0 atom stereocenters. The fraction of sp³-hybridized carbons (Fsp3) is 0.250. The Morgan fingerprint density at radius 1 is 1.28 bits per heavy atom. The molecule has 0 unspecified atom stereocenters. The van der Waals surface area contributed by atoms with Gasteiger partial charge in [-0.1, -0.05) is 12.1 Å². The quantitative estimate of drug-likeness (QED) is 0.678. The number of fused-ring (bicyclic) bond motifs is 1. The molecule has 0 aliphatic rings. The van der Waals surface area contributed by atoms with Gasteiger partial charge in [-0.05, 0) is 18.6 Å². The van der Waals surface area contributed by atoms with Crippen molar-refractivity contribution in [3.63, 3.8) is 0 Å². The Morgan fingerprint density at radius 3 is 2.83 bits per heavy atom. The third-order valence-corrected chi connectivity index (χ3v) is 2.51. The first-order valence-electron chi connectivity index (χ1n) is 5.71. The summed E-state index contributed by atoms with van der Waals surface area (Å²) >= 11 is 0. The summed E-state index contributed by atoms with van der Waals surface area (Å²) in [6, 6.07) is 7.61. The van der Waals surface area contributed by atoms with E-state index < -0.39 is 0 Å². The van der Waals surface area contributed by atoms with Gasteiger partial charge in [0.2, 0.25) is 11.9 Å². The van der Waals surface area contributed by atoms with Crippen LogP contribution in [0.3, 0.4) is 0 Å². The first-order valence-corrected chi connectivity index (χ1v) is 5.71. The highest BCUT2D eigenvalue weighted by Crippen LogP contribution is 2.20. The number of anilines is 2. The second-order valence-corrected chi connectivity index (χ2v) is 3.94. The SMILES string of the molecule is NC(=O)CCCNc1nc(N)nc2ccccc12. The van der Waals surface area contributed by atoms with Gasteiger partial charge in [-0.15, -0.1) is 0 Å². The maximum absolute atomic E-state index is 10.6. The van der Waals surface area contributed by atoms with Gasteiger partial charge in [0, 0.05) is 18.4 Å². The molecule has 0 radical (unpaired) electrons. The summed E-state index contributed by atoms with van der Waals surface area (Å²) in [6.07, 6.45) is 1.01. The van der Waals surface area contributed by atoms with E-state index in [2.05, 4.69) is 15.3 Å². The highest BCUT2D eigenvalue weighted by atomic mass is 16.1. The van der Waals surface area contributed by atoms with E-state index >= 15 is 0 Å². The van der Waals surface area contributed by atoms with Crippen LogP contribution < -0.4 is 16.8 Å². The first kappa shape index (κ1) is 12.1. The Kier molecular flexibility index (Phi) is 3.57. The second kappa shape index (κ2) is 5.31. The fourth-order valence-electron chi connectivity index (χ4n) is 1.70. The van der Waals surface area contributed by atoms with Gasteiger partial charge in [0.25, 0.3) is 0 Å². The van der Waals surface area contributed by atoms with E-state index in [1.54, 1.807) is 0 Å². The zero-order valence-electron chi connectivity index (χ0n) is 9.89. The highest BCUT2D eigenvalue weighted by molar-refractivity contribution is 5.89. The number of carbonyl (C=O) groups is 1. The second-order valence-electron chi connectivity index (χ2n) is 3.94. The zero-order valence-corrected chi connectivity index (χ0v) is 9.89. The molecule has 0 spiro atoms. The summed E-state index contributed by atoms with van der Waals surface area (Å²) in [5.41, 5.74) is 11.5. The minimum absolute atomic E-state index is 0.228. The van der Waals surface area contributed by atoms with Crippen molar-refractivity contribution in [3.05, 3.63) is 24.3 Å². The van der Waals surface area contributed by atoms with E-state index in [1.807, 2.05) is 24.3 Å². The molecule has 1 aromatic heterocycles. The van der Waals surface area contributed by atoms with Crippen LogP contribution in [0.15, 0.2) is 24.3 Å². The molecule has 0 saturated heterocycles. The molecular formula is C12H15N5O. The van der Waals surface area contributed by atoms with Crippen molar-refractivity contribution >= 4 is 28.6 Å². The minimum atomic E-state index is -0.302. The number of para-hydroxylation sites is 1. The monoisotopic (exact) mass is 245 g/mol. The van der Waals surface area contributed by atoms with Crippen LogP contribution in [0.25, 0.3) is 10.9 Å². The van der Waals surface area contributed by atoms with Crippen molar-refractivity contribution in [2.24, 2.45) is 5.73 Å². The summed E-state index contributed by atoms with van der Waals surface area (Å²) in [6.45, 7) is 0.614. The van der Waals surface area contributed by atoms with Crippen LogP contribution in [0.5, 0.6) is 0 Å². The van der Waals surface area contributed by atoms with Crippen LogP contribution in [0.4, 0.5) is 11.8 Å². The van der Waals surface area contributed by atoms with Gasteiger partial charge in [-0.2, -0.15) is 4.98 Å². The van der Waals surface area contributed by atoms with Gasteiger partial charge >= 0.3 is 0 Å². The summed E-state index contributed by atoms with van der Waals surface area (Å²) in [4.78, 5) is 18.9. The van der Waals surface area contributed by atoms with Crippen LogP contribution in [-0.2, 0) is 4.79 Å². The molecule has 5 N–H and O–H groups in total. The van der Waals surface area contributed by atoms with Crippen molar-refractivity contribution in [2.75, 3.05) is 17.6 Å². The molecule has 18 heavy (non-hydrogen) atoms. The van der Waals surface area contributed by atoms with E-state index in [4.69, 9.17) is 11.5 Å². The van der Waals surface area contributed by atoms with Crippen molar-refractivity contribution in [1.82, 2.24) is 9.97 Å². The molecule has 2 aromatic rings. The topological polar surface area (TPSA) is 107 Å². The van der Waals surface area contributed by atoms with Crippen LogP contribution in [0.1, 0.15) is 12.8 Å². The van der Waals surface area contributed by atoms with Gasteiger partial charge in [0.1, 0.15) is 5.82 Å². The smallest absolute Gasteiger partial charge is 0.222 e. The van der Waals surface area contributed by atoms with Gasteiger partial charge in [-0.25, -0.2) is 4.98 Å². The molecular weight excluding hydrogens is 230 g/mol. The number of primary amides is 1. The Labute approximate surface area is 104 Å². The lowest BCUT2D eigenvalue weighted by Crippen LogP contribution is -2.13. The number of nitrogens with one attached hydrogen (secondary N) is 1. The van der Waals surface area contributed by atoms with Crippen LogP contribution >= 0.6 is 0 Å². The number of aromatic nitrogens is 2.